The van der Waals surface area contributed by atoms with E-state index in [0.717, 1.165) is 42.7 Å². The van der Waals surface area contributed by atoms with E-state index in [2.05, 4.69) is 34.1 Å². The maximum Gasteiger partial charge on any atom is 0.193 e. The number of hydrogen-bond donors (Lipinski definition) is 1. The molecule has 21 heavy (non-hydrogen) atoms. The molecule has 4 nitrogen and oxygen atoms in total. The van der Waals surface area contributed by atoms with Gasteiger partial charge in [-0.25, -0.2) is 0 Å². The highest BCUT2D eigenvalue weighted by molar-refractivity contribution is 14.0. The lowest BCUT2D eigenvalue weighted by Gasteiger charge is -2.23. The van der Waals surface area contributed by atoms with E-state index >= 15 is 0 Å². The number of nitrogens with one attached hydrogen (secondary N) is 1. The Morgan fingerprint density at radius 2 is 1.95 bits per heavy atom. The second-order valence-corrected chi connectivity index (χ2v) is 5.22. The summed E-state index contributed by atoms with van der Waals surface area (Å²) in [4.78, 5) is 8.64. The summed E-state index contributed by atoms with van der Waals surface area (Å²) in [6.45, 7) is 5.82. The summed E-state index contributed by atoms with van der Waals surface area (Å²) in [7, 11) is 5.93. The molecule has 0 bridgehead atoms. The predicted molar refractivity (Wildman–Crippen MR) is 103 cm³/mol. The first-order valence-electron chi connectivity index (χ1n) is 6.92. The molecule has 0 aliphatic rings. The molecule has 0 aromatic heterocycles. The molecule has 0 amide bonds. The van der Waals surface area contributed by atoms with Crippen molar-refractivity contribution in [3.8, 4) is 0 Å². The van der Waals surface area contributed by atoms with Crippen LogP contribution in [-0.2, 0) is 6.54 Å². The van der Waals surface area contributed by atoms with Gasteiger partial charge in [0.2, 0.25) is 0 Å². The molecule has 0 spiro atoms. The molecule has 0 saturated carbocycles. The summed E-state index contributed by atoms with van der Waals surface area (Å²) in [6.07, 6.45) is 0. The molecule has 1 aromatic carbocycles. The lowest BCUT2D eigenvalue weighted by molar-refractivity contribution is 0.353. The Balaban J connectivity index is 0.00000400. The maximum atomic E-state index is 6.19. The summed E-state index contributed by atoms with van der Waals surface area (Å²) in [5, 5.41) is 4.16. The Labute approximate surface area is 150 Å². The minimum atomic E-state index is 0. The van der Waals surface area contributed by atoms with Crippen molar-refractivity contribution < 1.29 is 0 Å². The van der Waals surface area contributed by atoms with E-state index in [4.69, 9.17) is 11.6 Å². The number of halogens is 2. The largest absolute Gasteiger partial charge is 0.355 e. The van der Waals surface area contributed by atoms with Crippen LogP contribution in [0.4, 0.5) is 0 Å². The maximum absolute atomic E-state index is 6.19. The minimum Gasteiger partial charge on any atom is -0.355 e. The first-order valence-corrected chi connectivity index (χ1v) is 7.30. The van der Waals surface area contributed by atoms with Gasteiger partial charge in [-0.2, -0.15) is 0 Å². The van der Waals surface area contributed by atoms with Crippen LogP contribution in [0.15, 0.2) is 29.3 Å². The molecule has 0 unspecified atom stereocenters. The Morgan fingerprint density at radius 3 is 2.52 bits per heavy atom. The number of nitrogens with zero attached hydrogens (tertiary/aromatic N) is 3. The van der Waals surface area contributed by atoms with Crippen molar-refractivity contribution in [1.82, 2.24) is 15.1 Å². The molecular weight excluding hydrogens is 399 g/mol. The van der Waals surface area contributed by atoms with E-state index < -0.39 is 0 Å². The van der Waals surface area contributed by atoms with Crippen molar-refractivity contribution in [2.45, 2.75) is 13.5 Å². The summed E-state index contributed by atoms with van der Waals surface area (Å²) < 4.78 is 0. The zero-order valence-corrected chi connectivity index (χ0v) is 16.4. The Bertz CT molecular complexity index is 439. The van der Waals surface area contributed by atoms with Crippen molar-refractivity contribution in [1.29, 1.82) is 0 Å². The Kier molecular flexibility index (Phi) is 10.8. The van der Waals surface area contributed by atoms with Crippen LogP contribution in [-0.4, -0.2) is 56.5 Å². The first-order chi connectivity index (χ1) is 9.58. The standard InChI is InChI=1S/C15H25ClN4.HI/c1-5-19(3)11-10-18-15(17-2)20(4)12-13-8-6-7-9-14(13)16;/h6-9H,5,10-12H2,1-4H3,(H,17,18);1H. The third-order valence-electron chi connectivity index (χ3n) is 3.26. The van der Waals surface area contributed by atoms with Crippen LogP contribution in [0.2, 0.25) is 5.02 Å². The topological polar surface area (TPSA) is 30.9 Å². The quantitative estimate of drug-likeness (QED) is 0.433. The molecule has 0 heterocycles. The van der Waals surface area contributed by atoms with Gasteiger partial charge in [0.1, 0.15) is 0 Å². The molecular formula is C15H26ClIN4. The van der Waals surface area contributed by atoms with Gasteiger partial charge in [-0.1, -0.05) is 36.7 Å². The van der Waals surface area contributed by atoms with Crippen LogP contribution in [0.1, 0.15) is 12.5 Å². The van der Waals surface area contributed by atoms with Crippen LogP contribution in [0.3, 0.4) is 0 Å². The summed E-state index contributed by atoms with van der Waals surface area (Å²) in [5.74, 6) is 0.884. The van der Waals surface area contributed by atoms with Gasteiger partial charge in [0.25, 0.3) is 0 Å². The number of rotatable bonds is 6. The van der Waals surface area contributed by atoms with E-state index in [1.165, 1.54) is 0 Å². The van der Waals surface area contributed by atoms with E-state index in [1.807, 2.05) is 31.3 Å². The van der Waals surface area contributed by atoms with Crippen molar-refractivity contribution in [3.63, 3.8) is 0 Å². The third kappa shape index (κ3) is 7.33. The predicted octanol–water partition coefficient (Wildman–Crippen LogP) is 2.92. The minimum absolute atomic E-state index is 0. The molecule has 1 aromatic rings. The smallest absolute Gasteiger partial charge is 0.193 e. The highest BCUT2D eigenvalue weighted by Gasteiger charge is 2.08. The van der Waals surface area contributed by atoms with Crippen LogP contribution in [0.25, 0.3) is 0 Å². The van der Waals surface area contributed by atoms with Gasteiger partial charge in [-0.05, 0) is 25.2 Å². The van der Waals surface area contributed by atoms with Crippen molar-refractivity contribution in [3.05, 3.63) is 34.9 Å². The fourth-order valence-electron chi connectivity index (χ4n) is 1.86. The Morgan fingerprint density at radius 1 is 1.29 bits per heavy atom. The van der Waals surface area contributed by atoms with Crippen molar-refractivity contribution in [2.24, 2.45) is 4.99 Å². The summed E-state index contributed by atoms with van der Waals surface area (Å²) in [5.41, 5.74) is 1.10. The molecule has 6 heteroatoms. The van der Waals surface area contributed by atoms with Crippen molar-refractivity contribution in [2.75, 3.05) is 40.8 Å². The van der Waals surface area contributed by atoms with Crippen LogP contribution < -0.4 is 5.32 Å². The van der Waals surface area contributed by atoms with Crippen LogP contribution >= 0.6 is 35.6 Å². The SMILES string of the molecule is CCN(C)CCNC(=NC)N(C)Cc1ccccc1Cl.I. The molecule has 0 saturated heterocycles. The van der Waals surface area contributed by atoms with E-state index in [-0.39, 0.29) is 24.0 Å². The average molecular weight is 425 g/mol. The normalized spacial score (nSPS) is 11.2. The zero-order chi connectivity index (χ0) is 15.0. The van der Waals surface area contributed by atoms with Gasteiger partial charge in [0.15, 0.2) is 5.96 Å². The van der Waals surface area contributed by atoms with E-state index in [0.29, 0.717) is 0 Å². The van der Waals surface area contributed by atoms with Gasteiger partial charge in [0.05, 0.1) is 0 Å². The average Bonchev–Trinajstić information content (AvgIpc) is 2.45. The first kappa shape index (κ1) is 20.5. The van der Waals surface area contributed by atoms with Gasteiger partial charge >= 0.3 is 0 Å². The highest BCUT2D eigenvalue weighted by Crippen LogP contribution is 2.16. The number of likely N-dealkylation sites (N-methyl/N-ethyl adjacent to an activating group) is 1. The highest BCUT2D eigenvalue weighted by atomic mass is 127. The number of benzene rings is 1. The molecule has 0 atom stereocenters. The van der Waals surface area contributed by atoms with Crippen molar-refractivity contribution >= 4 is 41.5 Å². The summed E-state index contributed by atoms with van der Waals surface area (Å²) in [6, 6.07) is 7.90. The molecule has 0 aliphatic heterocycles. The van der Waals surface area contributed by atoms with Crippen LogP contribution in [0.5, 0.6) is 0 Å². The van der Waals surface area contributed by atoms with Gasteiger partial charge in [-0.3, -0.25) is 4.99 Å². The number of guanidine groups is 1. The molecule has 1 rings (SSSR count). The lowest BCUT2D eigenvalue weighted by Crippen LogP contribution is -2.41. The van der Waals surface area contributed by atoms with E-state index in [9.17, 15) is 0 Å². The van der Waals surface area contributed by atoms with Gasteiger partial charge in [-0.15, -0.1) is 24.0 Å². The fourth-order valence-corrected chi connectivity index (χ4v) is 2.05. The molecule has 1 N–H and O–H groups in total. The second kappa shape index (κ2) is 11.1. The second-order valence-electron chi connectivity index (χ2n) is 4.82. The van der Waals surface area contributed by atoms with E-state index in [1.54, 1.807) is 7.05 Å². The third-order valence-corrected chi connectivity index (χ3v) is 3.62. The molecule has 120 valence electrons. The van der Waals surface area contributed by atoms with Gasteiger partial charge < -0.3 is 15.1 Å². The number of hydrogen-bond acceptors (Lipinski definition) is 2. The fraction of sp³-hybridized carbons (Fsp3) is 0.533. The summed E-state index contributed by atoms with van der Waals surface area (Å²) >= 11 is 6.19. The molecule has 0 radical (unpaired) electrons. The molecule has 0 aliphatic carbocycles. The monoisotopic (exact) mass is 424 g/mol. The molecule has 0 fully saturated rings. The zero-order valence-electron chi connectivity index (χ0n) is 13.3. The van der Waals surface area contributed by atoms with Gasteiger partial charge in [0, 0.05) is 38.8 Å². The lowest BCUT2D eigenvalue weighted by atomic mass is 10.2. The number of aliphatic imine (C=N–C) groups is 1. The Hall–Kier alpha value is -0.530. The van der Waals surface area contributed by atoms with Crippen LogP contribution in [0, 0.1) is 0 Å².